The van der Waals surface area contributed by atoms with Gasteiger partial charge in [0.1, 0.15) is 5.75 Å². The fourth-order valence-electron chi connectivity index (χ4n) is 3.11. The first-order valence-corrected chi connectivity index (χ1v) is 9.90. The predicted octanol–water partition coefficient (Wildman–Crippen LogP) is 4.97. The van der Waals surface area contributed by atoms with Crippen LogP contribution in [0.3, 0.4) is 0 Å². The maximum absolute atomic E-state index is 13.2. The topological polar surface area (TPSA) is 50.8 Å². The Hall–Kier alpha value is -2.74. The summed E-state index contributed by atoms with van der Waals surface area (Å²) in [6.07, 6.45) is -3.71. The fraction of sp³-hybridized carbons (Fsp3) is 0.409. The van der Waals surface area contributed by atoms with Gasteiger partial charge in [-0.15, -0.1) is 0 Å². The average molecular weight is 422 g/mol. The summed E-state index contributed by atoms with van der Waals surface area (Å²) in [6, 6.07) is 10.0. The summed E-state index contributed by atoms with van der Waals surface area (Å²) in [5, 5.41) is 2.65. The van der Waals surface area contributed by atoms with Crippen molar-refractivity contribution < 1.29 is 27.4 Å². The van der Waals surface area contributed by atoms with Crippen molar-refractivity contribution in [1.82, 2.24) is 0 Å². The molecule has 162 valence electrons. The molecule has 30 heavy (non-hydrogen) atoms. The van der Waals surface area contributed by atoms with E-state index in [0.717, 1.165) is 18.6 Å². The van der Waals surface area contributed by atoms with Gasteiger partial charge in [0.05, 0.1) is 36.3 Å². The zero-order chi connectivity index (χ0) is 21.7. The summed E-state index contributed by atoms with van der Waals surface area (Å²) in [5.74, 6) is 0.0351. The van der Waals surface area contributed by atoms with Gasteiger partial charge in [-0.3, -0.25) is 4.79 Å². The molecule has 1 N–H and O–H groups in total. The van der Waals surface area contributed by atoms with E-state index < -0.39 is 17.6 Å². The molecule has 5 nitrogen and oxygen atoms in total. The second-order valence-corrected chi connectivity index (χ2v) is 7.15. The monoisotopic (exact) mass is 422 g/mol. The second kappa shape index (κ2) is 9.38. The molecule has 0 unspecified atom stereocenters. The number of alkyl halides is 3. The molecule has 8 heteroatoms. The number of hydrogen-bond acceptors (Lipinski definition) is 4. The van der Waals surface area contributed by atoms with Crippen LogP contribution in [-0.4, -0.2) is 38.3 Å². The standard InChI is InChI=1S/C22H25F3N2O3/c1-3-15(2)30-18-6-4-5-16(13-18)21(28)26-19-14-17(22(23,24)25)7-8-20(19)27-9-11-29-12-10-27/h4-8,13-15H,3,9-12H2,1-2H3,(H,26,28)/t15-/m0/s1. The Bertz CT molecular complexity index is 880. The van der Waals surface area contributed by atoms with Crippen LogP contribution in [0.2, 0.25) is 0 Å². The molecule has 1 saturated heterocycles. The van der Waals surface area contributed by atoms with Gasteiger partial charge >= 0.3 is 6.18 Å². The lowest BCUT2D eigenvalue weighted by Gasteiger charge is -2.31. The van der Waals surface area contributed by atoms with Crippen molar-refractivity contribution in [3.8, 4) is 5.75 Å². The minimum absolute atomic E-state index is 0.0142. The van der Waals surface area contributed by atoms with E-state index in [9.17, 15) is 18.0 Å². The van der Waals surface area contributed by atoms with E-state index in [4.69, 9.17) is 9.47 Å². The third kappa shape index (κ3) is 5.44. The number of benzene rings is 2. The lowest BCUT2D eigenvalue weighted by Crippen LogP contribution is -2.36. The van der Waals surface area contributed by atoms with Crippen LogP contribution >= 0.6 is 0 Å². The summed E-state index contributed by atoms with van der Waals surface area (Å²) >= 11 is 0. The zero-order valence-electron chi connectivity index (χ0n) is 17.0. The molecule has 0 spiro atoms. The molecule has 1 heterocycles. The van der Waals surface area contributed by atoms with Crippen LogP contribution < -0.4 is 15.0 Å². The van der Waals surface area contributed by atoms with Gasteiger partial charge in [0.2, 0.25) is 0 Å². The maximum Gasteiger partial charge on any atom is 0.416 e. The number of nitrogens with zero attached hydrogens (tertiary/aromatic N) is 1. The molecule has 1 amide bonds. The molecular formula is C22H25F3N2O3. The quantitative estimate of drug-likeness (QED) is 0.714. The lowest BCUT2D eigenvalue weighted by atomic mass is 10.1. The minimum Gasteiger partial charge on any atom is -0.491 e. The van der Waals surface area contributed by atoms with E-state index in [1.165, 1.54) is 6.07 Å². The minimum atomic E-state index is -4.51. The van der Waals surface area contributed by atoms with Gasteiger partial charge in [-0.1, -0.05) is 13.0 Å². The molecule has 2 aromatic rings. The van der Waals surface area contributed by atoms with Gasteiger partial charge < -0.3 is 19.7 Å². The lowest BCUT2D eigenvalue weighted by molar-refractivity contribution is -0.137. The predicted molar refractivity (Wildman–Crippen MR) is 109 cm³/mol. The van der Waals surface area contributed by atoms with E-state index in [1.54, 1.807) is 24.3 Å². The number of halogens is 3. The number of ether oxygens (including phenoxy) is 2. The van der Waals surface area contributed by atoms with Crippen LogP contribution in [0.25, 0.3) is 0 Å². The first-order valence-electron chi connectivity index (χ1n) is 9.90. The van der Waals surface area contributed by atoms with Crippen molar-refractivity contribution in [1.29, 1.82) is 0 Å². The van der Waals surface area contributed by atoms with Gasteiger partial charge in [-0.05, 0) is 49.7 Å². The van der Waals surface area contributed by atoms with Crippen LogP contribution in [0.1, 0.15) is 36.2 Å². The van der Waals surface area contributed by atoms with Crippen molar-refractivity contribution in [3.63, 3.8) is 0 Å². The Balaban J connectivity index is 1.88. The van der Waals surface area contributed by atoms with Crippen LogP contribution in [0.4, 0.5) is 24.5 Å². The molecule has 2 aromatic carbocycles. The van der Waals surface area contributed by atoms with Crippen molar-refractivity contribution in [2.45, 2.75) is 32.5 Å². The molecule has 0 saturated carbocycles. The van der Waals surface area contributed by atoms with Crippen molar-refractivity contribution >= 4 is 17.3 Å². The molecule has 1 fully saturated rings. The van der Waals surface area contributed by atoms with Crippen LogP contribution in [0.5, 0.6) is 5.75 Å². The van der Waals surface area contributed by atoms with Crippen molar-refractivity contribution in [2.75, 3.05) is 36.5 Å². The Labute approximate surface area is 173 Å². The summed E-state index contributed by atoms with van der Waals surface area (Å²) in [6.45, 7) is 5.93. The van der Waals surface area contributed by atoms with Gasteiger partial charge in [-0.25, -0.2) is 0 Å². The summed E-state index contributed by atoms with van der Waals surface area (Å²) in [4.78, 5) is 14.7. The molecule has 0 bridgehead atoms. The Morgan fingerprint density at radius 2 is 1.93 bits per heavy atom. The third-order valence-electron chi connectivity index (χ3n) is 4.93. The largest absolute Gasteiger partial charge is 0.491 e. The van der Waals surface area contributed by atoms with Gasteiger partial charge in [0.15, 0.2) is 0 Å². The number of morpholine rings is 1. The normalized spacial score (nSPS) is 15.6. The molecule has 3 rings (SSSR count). The Kier molecular flexibility index (Phi) is 6.87. The van der Waals surface area contributed by atoms with Crippen molar-refractivity contribution in [3.05, 3.63) is 53.6 Å². The molecule has 1 aliphatic heterocycles. The first-order chi connectivity index (χ1) is 14.3. The van der Waals surface area contributed by atoms with Crippen LogP contribution in [-0.2, 0) is 10.9 Å². The highest BCUT2D eigenvalue weighted by atomic mass is 19.4. The summed E-state index contributed by atoms with van der Waals surface area (Å²) in [7, 11) is 0. The zero-order valence-corrected chi connectivity index (χ0v) is 17.0. The number of carbonyl (C=O) groups excluding carboxylic acids is 1. The highest BCUT2D eigenvalue weighted by Crippen LogP contribution is 2.36. The summed E-state index contributed by atoms with van der Waals surface area (Å²) < 4.78 is 50.8. The second-order valence-electron chi connectivity index (χ2n) is 7.15. The molecule has 0 radical (unpaired) electrons. The third-order valence-corrected chi connectivity index (χ3v) is 4.93. The Morgan fingerprint density at radius 1 is 1.20 bits per heavy atom. The van der Waals surface area contributed by atoms with E-state index >= 15 is 0 Å². The highest BCUT2D eigenvalue weighted by Gasteiger charge is 2.32. The number of hydrogen-bond donors (Lipinski definition) is 1. The fourth-order valence-corrected chi connectivity index (χ4v) is 3.11. The number of amides is 1. The number of rotatable bonds is 6. The molecule has 1 aliphatic rings. The number of anilines is 2. The SMILES string of the molecule is CC[C@H](C)Oc1cccc(C(=O)Nc2cc(C(F)(F)F)ccc2N2CCOCC2)c1. The average Bonchev–Trinajstić information content (AvgIpc) is 2.73. The van der Waals surface area contributed by atoms with E-state index in [1.807, 2.05) is 18.7 Å². The van der Waals surface area contributed by atoms with Crippen LogP contribution in [0.15, 0.2) is 42.5 Å². The molecule has 0 aliphatic carbocycles. The molecule has 1 atom stereocenters. The first kappa shape index (κ1) is 22.0. The van der Waals surface area contributed by atoms with E-state index in [2.05, 4.69) is 5.32 Å². The number of nitrogens with one attached hydrogen (secondary N) is 1. The van der Waals surface area contributed by atoms with Gasteiger partial charge in [0.25, 0.3) is 5.91 Å². The molecular weight excluding hydrogens is 397 g/mol. The number of carbonyl (C=O) groups is 1. The van der Waals surface area contributed by atoms with Gasteiger partial charge in [-0.2, -0.15) is 13.2 Å². The van der Waals surface area contributed by atoms with Crippen LogP contribution in [0, 0.1) is 0 Å². The smallest absolute Gasteiger partial charge is 0.416 e. The van der Waals surface area contributed by atoms with Crippen molar-refractivity contribution in [2.24, 2.45) is 0 Å². The summed E-state index contributed by atoms with van der Waals surface area (Å²) in [5.41, 5.74) is 0.140. The Morgan fingerprint density at radius 3 is 2.60 bits per heavy atom. The van der Waals surface area contributed by atoms with E-state index in [-0.39, 0.29) is 11.8 Å². The van der Waals surface area contributed by atoms with Gasteiger partial charge in [0, 0.05) is 18.7 Å². The van der Waals surface area contributed by atoms with E-state index in [0.29, 0.717) is 43.3 Å². The maximum atomic E-state index is 13.2. The molecule has 0 aromatic heterocycles. The highest BCUT2D eigenvalue weighted by molar-refractivity contribution is 6.06.